The molecule has 18 heavy (non-hydrogen) atoms. The number of ether oxygens (including phenoxy) is 1. The Hall–Kier alpha value is -1.51. The Balaban J connectivity index is 2.23. The van der Waals surface area contributed by atoms with Crippen LogP contribution in [0.5, 0.6) is 11.5 Å². The van der Waals surface area contributed by atoms with E-state index >= 15 is 0 Å². The Kier molecular flexibility index (Phi) is 3.90. The van der Waals surface area contributed by atoms with Crippen molar-refractivity contribution in [2.75, 3.05) is 0 Å². The SMILES string of the molecule is Cc1ccc(Oc2ccc(CN)c(Cl)c2)cc1C. The van der Waals surface area contributed by atoms with Gasteiger partial charge in [0.1, 0.15) is 11.5 Å². The first-order valence-electron chi connectivity index (χ1n) is 5.84. The average Bonchev–Trinajstić information content (AvgIpc) is 2.34. The van der Waals surface area contributed by atoms with Crippen LogP contribution in [0, 0.1) is 13.8 Å². The number of halogens is 1. The van der Waals surface area contributed by atoms with E-state index < -0.39 is 0 Å². The van der Waals surface area contributed by atoms with Crippen molar-refractivity contribution < 1.29 is 4.74 Å². The molecule has 0 atom stereocenters. The van der Waals surface area contributed by atoms with Crippen LogP contribution in [0.4, 0.5) is 0 Å². The largest absolute Gasteiger partial charge is 0.457 e. The summed E-state index contributed by atoms with van der Waals surface area (Å²) in [7, 11) is 0. The summed E-state index contributed by atoms with van der Waals surface area (Å²) in [6.07, 6.45) is 0. The van der Waals surface area contributed by atoms with E-state index in [4.69, 9.17) is 22.1 Å². The Morgan fingerprint density at radius 3 is 2.28 bits per heavy atom. The molecule has 0 aliphatic carbocycles. The summed E-state index contributed by atoms with van der Waals surface area (Å²) in [5.74, 6) is 1.54. The molecule has 2 aromatic carbocycles. The first-order valence-corrected chi connectivity index (χ1v) is 6.21. The lowest BCUT2D eigenvalue weighted by Crippen LogP contribution is -1.97. The van der Waals surface area contributed by atoms with Crippen molar-refractivity contribution in [2.45, 2.75) is 20.4 Å². The molecule has 0 saturated carbocycles. The lowest BCUT2D eigenvalue weighted by molar-refractivity contribution is 0.482. The zero-order chi connectivity index (χ0) is 13.1. The van der Waals surface area contributed by atoms with Gasteiger partial charge in [0.05, 0.1) is 0 Å². The molecule has 0 bridgehead atoms. The van der Waals surface area contributed by atoms with E-state index in [0.29, 0.717) is 11.6 Å². The van der Waals surface area contributed by atoms with E-state index in [9.17, 15) is 0 Å². The quantitative estimate of drug-likeness (QED) is 0.898. The van der Waals surface area contributed by atoms with Gasteiger partial charge in [-0.3, -0.25) is 0 Å². The van der Waals surface area contributed by atoms with Crippen LogP contribution in [0.2, 0.25) is 5.02 Å². The Bertz CT molecular complexity index is 566. The number of hydrogen-bond donors (Lipinski definition) is 1. The lowest BCUT2D eigenvalue weighted by atomic mass is 10.1. The van der Waals surface area contributed by atoms with Gasteiger partial charge in [-0.2, -0.15) is 0 Å². The molecule has 0 aliphatic rings. The zero-order valence-electron chi connectivity index (χ0n) is 10.5. The van der Waals surface area contributed by atoms with E-state index in [1.165, 1.54) is 11.1 Å². The first kappa shape index (κ1) is 12.9. The van der Waals surface area contributed by atoms with Gasteiger partial charge in [0.2, 0.25) is 0 Å². The van der Waals surface area contributed by atoms with Crippen molar-refractivity contribution >= 4 is 11.6 Å². The molecule has 0 aliphatic heterocycles. The van der Waals surface area contributed by atoms with Crippen molar-refractivity contribution in [3.63, 3.8) is 0 Å². The van der Waals surface area contributed by atoms with Crippen LogP contribution in [-0.2, 0) is 6.54 Å². The third-order valence-electron chi connectivity index (χ3n) is 2.96. The second-order valence-electron chi connectivity index (χ2n) is 4.31. The van der Waals surface area contributed by atoms with Gasteiger partial charge in [-0.05, 0) is 54.8 Å². The highest BCUT2D eigenvalue weighted by molar-refractivity contribution is 6.31. The summed E-state index contributed by atoms with van der Waals surface area (Å²) in [4.78, 5) is 0. The third kappa shape index (κ3) is 2.84. The number of benzene rings is 2. The molecule has 2 rings (SSSR count). The van der Waals surface area contributed by atoms with Gasteiger partial charge in [-0.25, -0.2) is 0 Å². The van der Waals surface area contributed by atoms with E-state index in [1.807, 2.05) is 30.3 Å². The number of rotatable bonds is 3. The topological polar surface area (TPSA) is 35.2 Å². The van der Waals surface area contributed by atoms with Crippen molar-refractivity contribution in [3.8, 4) is 11.5 Å². The molecular formula is C15H16ClNO. The Morgan fingerprint density at radius 2 is 1.67 bits per heavy atom. The minimum Gasteiger partial charge on any atom is -0.457 e. The molecule has 2 N–H and O–H groups in total. The van der Waals surface area contributed by atoms with Crippen LogP contribution in [-0.4, -0.2) is 0 Å². The van der Waals surface area contributed by atoms with Crippen molar-refractivity contribution in [2.24, 2.45) is 5.73 Å². The van der Waals surface area contributed by atoms with Crippen LogP contribution in [0.15, 0.2) is 36.4 Å². The molecular weight excluding hydrogens is 246 g/mol. The standard InChI is InChI=1S/C15H16ClNO/c1-10-3-5-13(7-11(10)2)18-14-6-4-12(9-17)15(16)8-14/h3-8H,9,17H2,1-2H3. The molecule has 0 saturated heterocycles. The molecule has 0 amide bonds. The molecule has 2 aromatic rings. The van der Waals surface area contributed by atoms with Crippen molar-refractivity contribution in [3.05, 3.63) is 58.1 Å². The third-order valence-corrected chi connectivity index (χ3v) is 3.31. The normalized spacial score (nSPS) is 10.4. The average molecular weight is 262 g/mol. The smallest absolute Gasteiger partial charge is 0.128 e. The minimum absolute atomic E-state index is 0.433. The van der Waals surface area contributed by atoms with Gasteiger partial charge in [-0.1, -0.05) is 23.7 Å². The van der Waals surface area contributed by atoms with Crippen molar-refractivity contribution in [1.29, 1.82) is 0 Å². The van der Waals surface area contributed by atoms with E-state index in [-0.39, 0.29) is 0 Å². The molecule has 0 aromatic heterocycles. The molecule has 0 fully saturated rings. The van der Waals surface area contributed by atoms with Crippen LogP contribution in [0.25, 0.3) is 0 Å². The maximum atomic E-state index is 6.09. The summed E-state index contributed by atoms with van der Waals surface area (Å²) in [6.45, 7) is 4.57. The van der Waals surface area contributed by atoms with Crippen LogP contribution >= 0.6 is 11.6 Å². The van der Waals surface area contributed by atoms with Crippen LogP contribution in [0.1, 0.15) is 16.7 Å². The van der Waals surface area contributed by atoms with E-state index in [0.717, 1.165) is 17.1 Å². The Morgan fingerprint density at radius 1 is 1.00 bits per heavy atom. The van der Waals surface area contributed by atoms with Gasteiger partial charge in [0.15, 0.2) is 0 Å². The number of aryl methyl sites for hydroxylation is 2. The highest BCUT2D eigenvalue weighted by Gasteiger charge is 2.03. The molecule has 2 nitrogen and oxygen atoms in total. The van der Waals surface area contributed by atoms with Gasteiger partial charge in [0, 0.05) is 11.6 Å². The molecule has 0 radical (unpaired) electrons. The summed E-state index contributed by atoms with van der Waals surface area (Å²) in [5, 5.41) is 0.638. The minimum atomic E-state index is 0.433. The summed E-state index contributed by atoms with van der Waals surface area (Å²) in [6, 6.07) is 11.6. The molecule has 0 heterocycles. The molecule has 3 heteroatoms. The fraction of sp³-hybridized carbons (Fsp3) is 0.200. The maximum Gasteiger partial charge on any atom is 0.128 e. The van der Waals surface area contributed by atoms with Crippen LogP contribution < -0.4 is 10.5 Å². The fourth-order valence-corrected chi connectivity index (χ4v) is 1.92. The molecule has 0 unspecified atom stereocenters. The Labute approximate surface area is 112 Å². The number of hydrogen-bond acceptors (Lipinski definition) is 2. The van der Waals surface area contributed by atoms with Gasteiger partial charge >= 0.3 is 0 Å². The van der Waals surface area contributed by atoms with Gasteiger partial charge in [-0.15, -0.1) is 0 Å². The lowest BCUT2D eigenvalue weighted by Gasteiger charge is -2.09. The van der Waals surface area contributed by atoms with Crippen LogP contribution in [0.3, 0.4) is 0 Å². The zero-order valence-corrected chi connectivity index (χ0v) is 11.3. The summed E-state index contributed by atoms with van der Waals surface area (Å²) < 4.78 is 5.77. The molecule has 94 valence electrons. The van der Waals surface area contributed by atoms with E-state index in [2.05, 4.69) is 13.8 Å². The van der Waals surface area contributed by atoms with E-state index in [1.54, 1.807) is 6.07 Å². The fourth-order valence-electron chi connectivity index (χ4n) is 1.67. The predicted octanol–water partition coefficient (Wildman–Crippen LogP) is 4.21. The second kappa shape index (κ2) is 5.42. The summed E-state index contributed by atoms with van der Waals surface area (Å²) >= 11 is 6.09. The maximum absolute atomic E-state index is 6.09. The monoisotopic (exact) mass is 261 g/mol. The second-order valence-corrected chi connectivity index (χ2v) is 4.71. The highest BCUT2D eigenvalue weighted by atomic mass is 35.5. The van der Waals surface area contributed by atoms with Crippen molar-refractivity contribution in [1.82, 2.24) is 0 Å². The number of nitrogens with two attached hydrogens (primary N) is 1. The van der Waals surface area contributed by atoms with Gasteiger partial charge < -0.3 is 10.5 Å². The molecule has 0 spiro atoms. The highest BCUT2D eigenvalue weighted by Crippen LogP contribution is 2.27. The van der Waals surface area contributed by atoms with Gasteiger partial charge in [0.25, 0.3) is 0 Å². The first-order chi connectivity index (χ1) is 8.60. The summed E-state index contributed by atoms with van der Waals surface area (Å²) in [5.41, 5.74) is 8.94. The predicted molar refractivity (Wildman–Crippen MR) is 75.3 cm³/mol.